The van der Waals surface area contributed by atoms with E-state index in [1.54, 1.807) is 29.4 Å². The highest BCUT2D eigenvalue weighted by molar-refractivity contribution is 6.28. The van der Waals surface area contributed by atoms with Crippen molar-refractivity contribution in [2.45, 2.75) is 27.7 Å². The van der Waals surface area contributed by atoms with Crippen molar-refractivity contribution in [1.82, 2.24) is 30.2 Å². The van der Waals surface area contributed by atoms with Gasteiger partial charge in [-0.1, -0.05) is 10.3 Å². The fraction of sp³-hybridized carbons (Fsp3) is 0.263. The van der Waals surface area contributed by atoms with Crippen LogP contribution in [0.3, 0.4) is 0 Å². The van der Waals surface area contributed by atoms with Gasteiger partial charge in [0, 0.05) is 30.6 Å². The van der Waals surface area contributed by atoms with Crippen LogP contribution in [0.4, 0.5) is 23.4 Å². The van der Waals surface area contributed by atoms with Crippen LogP contribution in [0, 0.1) is 27.7 Å². The molecule has 0 fully saturated rings. The number of aromatic nitrogens is 6. The van der Waals surface area contributed by atoms with Crippen LogP contribution in [0.1, 0.15) is 22.5 Å². The Morgan fingerprint density at radius 1 is 0.839 bits per heavy atom. The van der Waals surface area contributed by atoms with E-state index in [2.05, 4.69) is 35.6 Å². The summed E-state index contributed by atoms with van der Waals surface area (Å²) in [6.45, 7) is 7.62. The number of hydrogen-bond acceptors (Lipinski definition) is 10. The lowest BCUT2D eigenvalue weighted by molar-refractivity contribution is 0.420. The maximum atomic E-state index is 5.73. The Labute approximate surface area is 188 Å². The molecule has 0 aliphatic rings. The van der Waals surface area contributed by atoms with Crippen LogP contribution in [0.25, 0.3) is 0 Å². The van der Waals surface area contributed by atoms with Gasteiger partial charge in [0.2, 0.25) is 22.3 Å². The lowest BCUT2D eigenvalue weighted by atomic mass is 10.3. The predicted octanol–water partition coefficient (Wildman–Crippen LogP) is 4.98. The highest BCUT2D eigenvalue weighted by Gasteiger charge is 2.15. The second kappa shape index (κ2) is 9.71. The number of halogens is 2. The molecule has 0 bridgehead atoms. The summed E-state index contributed by atoms with van der Waals surface area (Å²) in [5.41, 5.74) is 3.64. The molecule has 0 aromatic carbocycles. The van der Waals surface area contributed by atoms with Crippen LogP contribution in [-0.2, 0) is 0 Å². The van der Waals surface area contributed by atoms with E-state index in [4.69, 9.17) is 32.2 Å². The number of anilines is 4. The molecule has 0 amide bonds. The van der Waals surface area contributed by atoms with E-state index in [-0.39, 0.29) is 10.6 Å². The second-order valence-corrected chi connectivity index (χ2v) is 7.18. The van der Waals surface area contributed by atoms with Gasteiger partial charge >= 0.3 is 0 Å². The van der Waals surface area contributed by atoms with Crippen molar-refractivity contribution < 1.29 is 9.05 Å². The van der Waals surface area contributed by atoms with Gasteiger partial charge in [-0.2, -0.15) is 0 Å². The van der Waals surface area contributed by atoms with Crippen LogP contribution in [0.15, 0.2) is 33.6 Å². The van der Waals surface area contributed by atoms with Gasteiger partial charge < -0.3 is 14.4 Å². The first-order valence-corrected chi connectivity index (χ1v) is 9.85. The number of rotatable bonds is 4. The summed E-state index contributed by atoms with van der Waals surface area (Å²) in [6.07, 6.45) is 3.16. The summed E-state index contributed by atoms with van der Waals surface area (Å²) in [4.78, 5) is 17.4. The average molecular weight is 463 g/mol. The van der Waals surface area contributed by atoms with Crippen molar-refractivity contribution >= 4 is 46.6 Å². The molecule has 0 spiro atoms. The summed E-state index contributed by atoms with van der Waals surface area (Å²) >= 11 is 11.4. The highest BCUT2D eigenvalue weighted by Crippen LogP contribution is 2.27. The fourth-order valence-electron chi connectivity index (χ4n) is 2.39. The van der Waals surface area contributed by atoms with Gasteiger partial charge in [-0.25, -0.2) is 19.9 Å². The second-order valence-electron chi connectivity index (χ2n) is 6.50. The first kappa shape index (κ1) is 22.4. The molecule has 1 N–H and O–H groups in total. The monoisotopic (exact) mass is 462 g/mol. The molecule has 0 radical (unpaired) electrons. The van der Waals surface area contributed by atoms with Gasteiger partial charge in [0.05, 0.1) is 11.4 Å². The van der Waals surface area contributed by atoms with Crippen molar-refractivity contribution in [1.29, 1.82) is 0 Å². The van der Waals surface area contributed by atoms with Gasteiger partial charge in [-0.15, -0.1) is 0 Å². The van der Waals surface area contributed by atoms with Gasteiger partial charge in [0.15, 0.2) is 0 Å². The lowest BCUT2D eigenvalue weighted by Crippen LogP contribution is -2.11. The van der Waals surface area contributed by atoms with Crippen LogP contribution >= 0.6 is 23.2 Å². The molecular formula is C19H20Cl2N8O2. The topological polar surface area (TPSA) is 119 Å². The molecule has 4 heterocycles. The quantitative estimate of drug-likeness (QED) is 0.415. The Balaban J connectivity index is 0.000000176. The van der Waals surface area contributed by atoms with Gasteiger partial charge in [0.25, 0.3) is 0 Å². The summed E-state index contributed by atoms with van der Waals surface area (Å²) < 4.78 is 10.3. The molecule has 0 atom stereocenters. The fourth-order valence-corrected chi connectivity index (χ4v) is 2.68. The van der Waals surface area contributed by atoms with Crippen LogP contribution in [0.2, 0.25) is 10.6 Å². The van der Waals surface area contributed by atoms with Crippen molar-refractivity contribution in [3.63, 3.8) is 0 Å². The predicted molar refractivity (Wildman–Crippen MR) is 117 cm³/mol. The van der Waals surface area contributed by atoms with Gasteiger partial charge in [-0.05, 0) is 63.0 Å². The zero-order chi connectivity index (χ0) is 22.5. The molecule has 0 saturated heterocycles. The smallest absolute Gasteiger partial charge is 0.235 e. The first-order valence-electron chi connectivity index (χ1n) is 9.10. The maximum Gasteiger partial charge on any atom is 0.235 e. The summed E-state index contributed by atoms with van der Waals surface area (Å²) in [5.74, 6) is 2.48. The van der Waals surface area contributed by atoms with Crippen molar-refractivity contribution in [2.75, 3.05) is 17.3 Å². The zero-order valence-corrected chi connectivity index (χ0v) is 19.0. The standard InChI is InChI=1S/C10H11ClN4O.C9H9ClN4O/c1-6-7(2)14-16-9(6)15(3)8-4-5-12-10(11)13-8;1-5-6(2)14-15-8(5)12-7-3-4-11-9(10)13-7/h4-5H,1-3H3;3-4H,1-2H3,(H,11,12,13). The van der Waals surface area contributed by atoms with Gasteiger partial charge in [-0.3, -0.25) is 4.90 Å². The minimum absolute atomic E-state index is 0.189. The Bertz CT molecular complexity index is 1180. The molecule has 12 heteroatoms. The van der Waals surface area contributed by atoms with E-state index in [0.717, 1.165) is 22.5 Å². The molecular weight excluding hydrogens is 443 g/mol. The number of aryl methyl sites for hydroxylation is 2. The first-order chi connectivity index (χ1) is 14.8. The number of nitrogens with one attached hydrogen (secondary N) is 1. The van der Waals surface area contributed by atoms with Crippen LogP contribution in [-0.4, -0.2) is 37.3 Å². The Hall–Kier alpha value is -3.24. The van der Waals surface area contributed by atoms with Crippen molar-refractivity contribution in [3.05, 3.63) is 57.6 Å². The van der Waals surface area contributed by atoms with Crippen molar-refractivity contribution in [3.8, 4) is 0 Å². The molecule has 4 aromatic rings. The van der Waals surface area contributed by atoms with E-state index in [1.807, 2.05) is 34.7 Å². The highest BCUT2D eigenvalue weighted by atomic mass is 35.5. The molecule has 0 unspecified atom stereocenters. The third-order valence-electron chi connectivity index (χ3n) is 4.42. The minimum Gasteiger partial charge on any atom is -0.338 e. The summed E-state index contributed by atoms with van der Waals surface area (Å²) in [6, 6.07) is 3.45. The molecule has 162 valence electrons. The zero-order valence-electron chi connectivity index (χ0n) is 17.5. The molecule has 10 nitrogen and oxygen atoms in total. The number of nitrogens with zero attached hydrogens (tertiary/aromatic N) is 7. The average Bonchev–Trinajstić information content (AvgIpc) is 3.24. The third kappa shape index (κ3) is 5.47. The van der Waals surface area contributed by atoms with E-state index < -0.39 is 0 Å². The largest absolute Gasteiger partial charge is 0.338 e. The molecule has 4 aromatic heterocycles. The number of hydrogen-bond donors (Lipinski definition) is 1. The van der Waals surface area contributed by atoms with E-state index in [0.29, 0.717) is 23.4 Å². The third-order valence-corrected chi connectivity index (χ3v) is 4.78. The van der Waals surface area contributed by atoms with Crippen molar-refractivity contribution in [2.24, 2.45) is 0 Å². The van der Waals surface area contributed by atoms with Crippen LogP contribution < -0.4 is 10.2 Å². The normalized spacial score (nSPS) is 10.4. The SMILES string of the molecule is Cc1noc(N(C)c2ccnc(Cl)n2)c1C.Cc1noc(Nc2ccnc(Cl)n2)c1C. The summed E-state index contributed by atoms with van der Waals surface area (Å²) in [5, 5.41) is 11.1. The Morgan fingerprint density at radius 2 is 1.45 bits per heavy atom. The van der Waals surface area contributed by atoms with E-state index in [9.17, 15) is 0 Å². The lowest BCUT2D eigenvalue weighted by Gasteiger charge is -2.14. The van der Waals surface area contributed by atoms with Gasteiger partial charge in [0.1, 0.15) is 11.6 Å². The molecule has 0 aliphatic heterocycles. The maximum absolute atomic E-state index is 5.73. The Morgan fingerprint density at radius 3 is 2.00 bits per heavy atom. The Kier molecular flexibility index (Phi) is 7.03. The molecule has 0 saturated carbocycles. The van der Waals surface area contributed by atoms with Crippen LogP contribution in [0.5, 0.6) is 0 Å². The van der Waals surface area contributed by atoms with E-state index >= 15 is 0 Å². The summed E-state index contributed by atoms with van der Waals surface area (Å²) in [7, 11) is 1.84. The van der Waals surface area contributed by atoms with E-state index in [1.165, 1.54) is 0 Å². The molecule has 31 heavy (non-hydrogen) atoms. The molecule has 4 rings (SSSR count). The minimum atomic E-state index is 0.189. The molecule has 0 aliphatic carbocycles.